The van der Waals surface area contributed by atoms with Crippen LogP contribution in [0, 0.1) is 12.3 Å². The topological polar surface area (TPSA) is 69.6 Å². The molecule has 18 heavy (non-hydrogen) atoms. The summed E-state index contributed by atoms with van der Waals surface area (Å²) in [6, 6.07) is 4.05. The lowest BCUT2D eigenvalue weighted by Crippen LogP contribution is -2.32. The molecule has 1 rings (SSSR count). The van der Waals surface area contributed by atoms with Gasteiger partial charge in [-0.1, -0.05) is 21.9 Å². The van der Waals surface area contributed by atoms with Crippen molar-refractivity contribution in [1.29, 1.82) is 0 Å². The Kier molecular flexibility index (Phi) is 4.75. The Morgan fingerprint density at radius 1 is 1.56 bits per heavy atom. The smallest absolute Gasteiger partial charge is 0.337 e. The van der Waals surface area contributed by atoms with Gasteiger partial charge in [0, 0.05) is 11.5 Å². The zero-order chi connectivity index (χ0) is 13.7. The first-order valence-corrected chi connectivity index (χ1v) is 5.73. The molecule has 5 nitrogen and oxygen atoms in total. The number of nitrogens with one attached hydrogen (secondary N) is 1. The van der Waals surface area contributed by atoms with E-state index in [0.29, 0.717) is 4.47 Å². The minimum Gasteiger partial charge on any atom is -0.478 e. The van der Waals surface area contributed by atoms with E-state index in [4.69, 9.17) is 11.5 Å². The molecule has 1 aromatic carbocycles. The number of aromatic carboxylic acids is 1. The molecule has 0 fully saturated rings. The molecular formula is C12H11BrN2O3. The normalized spacial score (nSPS) is 9.39. The van der Waals surface area contributed by atoms with E-state index in [2.05, 4.69) is 27.2 Å². The van der Waals surface area contributed by atoms with Crippen LogP contribution in [-0.4, -0.2) is 35.6 Å². The number of urea groups is 1. The molecule has 2 amide bonds. The molecule has 0 saturated carbocycles. The Morgan fingerprint density at radius 2 is 2.22 bits per heavy atom. The van der Waals surface area contributed by atoms with Crippen molar-refractivity contribution in [1.82, 2.24) is 4.90 Å². The fraction of sp³-hybridized carbons (Fsp3) is 0.167. The van der Waals surface area contributed by atoms with Gasteiger partial charge in [0.25, 0.3) is 0 Å². The number of carbonyl (C=O) groups excluding carboxylic acids is 1. The van der Waals surface area contributed by atoms with Gasteiger partial charge in [-0.05, 0) is 18.2 Å². The number of carbonyl (C=O) groups is 2. The van der Waals surface area contributed by atoms with Crippen molar-refractivity contribution in [2.75, 3.05) is 18.9 Å². The van der Waals surface area contributed by atoms with E-state index in [0.717, 1.165) is 0 Å². The summed E-state index contributed by atoms with van der Waals surface area (Å²) in [5.74, 6) is 1.21. The minimum absolute atomic E-state index is 0.0145. The number of hydrogen-bond acceptors (Lipinski definition) is 2. The number of rotatable bonds is 3. The standard InChI is InChI=1S/C12H11BrN2O3/c1-3-6-15(2)12(18)14-10-7-8(13)4-5-9(10)11(16)17/h1,4-5,7H,6H2,2H3,(H,14,18)(H,16,17). The number of carboxylic acids is 1. The first-order chi connectivity index (χ1) is 8.45. The zero-order valence-corrected chi connectivity index (χ0v) is 11.2. The predicted octanol–water partition coefficient (Wildman–Crippen LogP) is 2.24. The van der Waals surface area contributed by atoms with Gasteiger partial charge in [0.05, 0.1) is 17.8 Å². The third kappa shape index (κ3) is 3.50. The summed E-state index contributed by atoms with van der Waals surface area (Å²) in [5, 5.41) is 11.5. The van der Waals surface area contributed by atoms with Crippen LogP contribution in [0.25, 0.3) is 0 Å². The summed E-state index contributed by atoms with van der Waals surface area (Å²) in [6.07, 6.45) is 5.09. The molecule has 6 heteroatoms. The van der Waals surface area contributed by atoms with Gasteiger partial charge in [-0.2, -0.15) is 0 Å². The van der Waals surface area contributed by atoms with E-state index in [1.807, 2.05) is 0 Å². The van der Waals surface area contributed by atoms with E-state index >= 15 is 0 Å². The summed E-state index contributed by atoms with van der Waals surface area (Å²) >= 11 is 3.21. The Balaban J connectivity index is 2.96. The average molecular weight is 311 g/mol. The maximum atomic E-state index is 11.7. The second-order valence-electron chi connectivity index (χ2n) is 3.49. The van der Waals surface area contributed by atoms with Gasteiger partial charge in [-0.15, -0.1) is 6.42 Å². The summed E-state index contributed by atoms with van der Waals surface area (Å²) in [4.78, 5) is 24.0. The maximum absolute atomic E-state index is 11.7. The molecule has 0 atom stereocenters. The molecule has 94 valence electrons. The van der Waals surface area contributed by atoms with Gasteiger partial charge < -0.3 is 15.3 Å². The number of carboxylic acid groups (broad SMARTS) is 1. The molecular weight excluding hydrogens is 300 g/mol. The lowest BCUT2D eigenvalue weighted by molar-refractivity contribution is 0.0698. The molecule has 0 unspecified atom stereocenters. The monoisotopic (exact) mass is 310 g/mol. The lowest BCUT2D eigenvalue weighted by Gasteiger charge is -2.16. The van der Waals surface area contributed by atoms with Crippen molar-refractivity contribution in [2.24, 2.45) is 0 Å². The van der Waals surface area contributed by atoms with E-state index in [1.54, 1.807) is 6.07 Å². The highest BCUT2D eigenvalue weighted by Crippen LogP contribution is 2.21. The maximum Gasteiger partial charge on any atom is 0.337 e. The average Bonchev–Trinajstić information content (AvgIpc) is 2.28. The molecule has 2 N–H and O–H groups in total. The van der Waals surface area contributed by atoms with Crippen molar-refractivity contribution >= 4 is 33.6 Å². The highest BCUT2D eigenvalue weighted by atomic mass is 79.9. The summed E-state index contributed by atoms with van der Waals surface area (Å²) in [6.45, 7) is 0.141. The second-order valence-corrected chi connectivity index (χ2v) is 4.40. The highest BCUT2D eigenvalue weighted by Gasteiger charge is 2.14. The quantitative estimate of drug-likeness (QED) is 0.841. The lowest BCUT2D eigenvalue weighted by atomic mass is 10.2. The molecule has 0 bridgehead atoms. The Morgan fingerprint density at radius 3 is 2.78 bits per heavy atom. The van der Waals surface area contributed by atoms with Crippen LogP contribution < -0.4 is 5.32 Å². The van der Waals surface area contributed by atoms with Gasteiger partial charge in [0.15, 0.2) is 0 Å². The molecule has 0 aromatic heterocycles. The molecule has 0 radical (unpaired) electrons. The number of amides is 2. The Bertz CT molecular complexity index is 523. The second kappa shape index (κ2) is 6.07. The van der Waals surface area contributed by atoms with Crippen molar-refractivity contribution in [2.45, 2.75) is 0 Å². The van der Waals surface area contributed by atoms with Crippen LogP contribution in [0.4, 0.5) is 10.5 Å². The highest BCUT2D eigenvalue weighted by molar-refractivity contribution is 9.10. The fourth-order valence-corrected chi connectivity index (χ4v) is 1.59. The predicted molar refractivity (Wildman–Crippen MR) is 71.6 cm³/mol. The third-order valence-electron chi connectivity index (χ3n) is 2.13. The van der Waals surface area contributed by atoms with Crippen molar-refractivity contribution in [3.63, 3.8) is 0 Å². The van der Waals surface area contributed by atoms with Gasteiger partial charge in [0.1, 0.15) is 0 Å². The van der Waals surface area contributed by atoms with Gasteiger partial charge in [0.2, 0.25) is 0 Å². The van der Waals surface area contributed by atoms with Crippen molar-refractivity contribution in [3.8, 4) is 12.3 Å². The fourth-order valence-electron chi connectivity index (χ4n) is 1.23. The molecule has 0 spiro atoms. The van der Waals surface area contributed by atoms with Crippen LogP contribution >= 0.6 is 15.9 Å². The SMILES string of the molecule is C#CCN(C)C(=O)Nc1cc(Br)ccc1C(=O)O. The molecule has 0 heterocycles. The van der Waals surface area contributed by atoms with Gasteiger partial charge in [-0.3, -0.25) is 0 Å². The Labute approximate surface area is 113 Å². The summed E-state index contributed by atoms with van der Waals surface area (Å²) in [5.41, 5.74) is 0.228. The van der Waals surface area contributed by atoms with E-state index in [1.165, 1.54) is 24.1 Å². The molecule has 0 aliphatic rings. The van der Waals surface area contributed by atoms with Gasteiger partial charge in [-0.25, -0.2) is 9.59 Å². The Hall–Kier alpha value is -2.00. The number of nitrogens with zero attached hydrogens (tertiary/aromatic N) is 1. The van der Waals surface area contributed by atoms with Crippen LogP contribution in [-0.2, 0) is 0 Å². The van der Waals surface area contributed by atoms with Crippen LogP contribution in [0.15, 0.2) is 22.7 Å². The largest absolute Gasteiger partial charge is 0.478 e. The third-order valence-corrected chi connectivity index (χ3v) is 2.62. The zero-order valence-electron chi connectivity index (χ0n) is 9.61. The minimum atomic E-state index is -1.11. The molecule has 0 aliphatic carbocycles. The summed E-state index contributed by atoms with van der Waals surface area (Å²) in [7, 11) is 1.52. The first-order valence-electron chi connectivity index (χ1n) is 4.94. The van der Waals surface area contributed by atoms with Crippen molar-refractivity contribution < 1.29 is 14.7 Å². The van der Waals surface area contributed by atoms with Gasteiger partial charge >= 0.3 is 12.0 Å². The van der Waals surface area contributed by atoms with E-state index < -0.39 is 12.0 Å². The van der Waals surface area contributed by atoms with Crippen molar-refractivity contribution in [3.05, 3.63) is 28.2 Å². The molecule has 0 aliphatic heterocycles. The van der Waals surface area contributed by atoms with Crippen LogP contribution in [0.5, 0.6) is 0 Å². The number of benzene rings is 1. The van der Waals surface area contributed by atoms with Crippen LogP contribution in [0.2, 0.25) is 0 Å². The summed E-state index contributed by atoms with van der Waals surface area (Å²) < 4.78 is 0.669. The van der Waals surface area contributed by atoms with Crippen LogP contribution in [0.1, 0.15) is 10.4 Å². The first kappa shape index (κ1) is 14.1. The molecule has 0 saturated heterocycles. The number of halogens is 1. The van der Waals surface area contributed by atoms with Crippen LogP contribution in [0.3, 0.4) is 0 Å². The number of terminal acetylenes is 1. The number of anilines is 1. The van der Waals surface area contributed by atoms with E-state index in [9.17, 15) is 9.59 Å². The van der Waals surface area contributed by atoms with E-state index in [-0.39, 0.29) is 17.8 Å². The number of hydrogen-bond donors (Lipinski definition) is 2. The molecule has 1 aromatic rings.